The maximum absolute atomic E-state index is 12.2. The van der Waals surface area contributed by atoms with Gasteiger partial charge in [-0.2, -0.15) is 0 Å². The Balaban J connectivity index is 1.66. The predicted molar refractivity (Wildman–Crippen MR) is 79.7 cm³/mol. The van der Waals surface area contributed by atoms with E-state index >= 15 is 0 Å². The summed E-state index contributed by atoms with van der Waals surface area (Å²) in [7, 11) is 0. The first-order valence-corrected chi connectivity index (χ1v) is 7.97. The van der Waals surface area contributed by atoms with Crippen molar-refractivity contribution in [3.8, 4) is 0 Å². The average Bonchev–Trinajstić information content (AvgIpc) is 2.46. The highest BCUT2D eigenvalue weighted by molar-refractivity contribution is 5.76. The first-order chi connectivity index (χ1) is 9.65. The van der Waals surface area contributed by atoms with Gasteiger partial charge >= 0.3 is 0 Å². The van der Waals surface area contributed by atoms with Gasteiger partial charge in [-0.05, 0) is 18.9 Å². The van der Waals surface area contributed by atoms with Gasteiger partial charge in [-0.25, -0.2) is 0 Å². The number of nitrogens with zero attached hydrogens (tertiary/aromatic N) is 2. The Morgan fingerprint density at radius 2 is 2.05 bits per heavy atom. The van der Waals surface area contributed by atoms with E-state index in [0.29, 0.717) is 6.42 Å². The maximum Gasteiger partial charge on any atom is 0.225 e. The summed E-state index contributed by atoms with van der Waals surface area (Å²) in [6, 6.07) is 0. The lowest BCUT2D eigenvalue weighted by molar-refractivity contribution is -0.136. The highest BCUT2D eigenvalue weighted by atomic mass is 16.5. The third-order valence-electron chi connectivity index (χ3n) is 4.15. The SMILES string of the molecule is CC(C)CCN1CCN(C(=O)CC2CNCCO2)CC1. The molecule has 2 aliphatic heterocycles. The highest BCUT2D eigenvalue weighted by Gasteiger charge is 2.24. The van der Waals surface area contributed by atoms with Crippen molar-refractivity contribution in [2.75, 3.05) is 52.4 Å². The maximum atomic E-state index is 12.2. The standard InChI is InChI=1S/C15H29N3O2/c1-13(2)3-5-17-6-8-18(9-7-17)15(19)11-14-12-16-4-10-20-14/h13-14,16H,3-12H2,1-2H3. The summed E-state index contributed by atoms with van der Waals surface area (Å²) in [5.41, 5.74) is 0. The number of morpholine rings is 1. The van der Waals surface area contributed by atoms with Gasteiger partial charge in [0.2, 0.25) is 5.91 Å². The number of ether oxygens (including phenoxy) is 1. The summed E-state index contributed by atoms with van der Waals surface area (Å²) in [6.07, 6.45) is 1.84. The Morgan fingerprint density at radius 3 is 2.65 bits per heavy atom. The molecule has 2 saturated heterocycles. The Labute approximate surface area is 122 Å². The quantitative estimate of drug-likeness (QED) is 0.800. The van der Waals surface area contributed by atoms with Crippen LogP contribution in [0.2, 0.25) is 0 Å². The summed E-state index contributed by atoms with van der Waals surface area (Å²) in [5, 5.41) is 3.27. The molecule has 5 nitrogen and oxygen atoms in total. The molecule has 1 amide bonds. The Bertz CT molecular complexity index is 295. The van der Waals surface area contributed by atoms with Crippen LogP contribution in [0.25, 0.3) is 0 Å². The number of nitrogens with one attached hydrogen (secondary N) is 1. The lowest BCUT2D eigenvalue weighted by Gasteiger charge is -2.36. The fourth-order valence-corrected chi connectivity index (χ4v) is 2.74. The van der Waals surface area contributed by atoms with Crippen molar-refractivity contribution in [2.24, 2.45) is 5.92 Å². The molecule has 2 aliphatic rings. The highest BCUT2D eigenvalue weighted by Crippen LogP contribution is 2.10. The van der Waals surface area contributed by atoms with Gasteiger partial charge in [-0.3, -0.25) is 9.69 Å². The number of carbonyl (C=O) groups excluding carboxylic acids is 1. The molecule has 0 aromatic rings. The fraction of sp³-hybridized carbons (Fsp3) is 0.933. The van der Waals surface area contributed by atoms with E-state index in [0.717, 1.165) is 58.3 Å². The van der Waals surface area contributed by atoms with Crippen LogP contribution >= 0.6 is 0 Å². The minimum absolute atomic E-state index is 0.0650. The van der Waals surface area contributed by atoms with E-state index in [1.807, 2.05) is 4.90 Å². The smallest absolute Gasteiger partial charge is 0.225 e. The molecule has 0 saturated carbocycles. The van der Waals surface area contributed by atoms with E-state index in [-0.39, 0.29) is 12.0 Å². The van der Waals surface area contributed by atoms with Gasteiger partial charge in [-0.15, -0.1) is 0 Å². The molecule has 2 rings (SSSR count). The number of rotatable bonds is 5. The molecule has 2 heterocycles. The number of carbonyl (C=O) groups is 1. The van der Waals surface area contributed by atoms with Crippen LogP contribution in [0.1, 0.15) is 26.7 Å². The Kier molecular flexibility index (Phi) is 6.26. The normalized spacial score (nSPS) is 25.1. The van der Waals surface area contributed by atoms with Gasteiger partial charge in [0, 0.05) is 39.3 Å². The zero-order chi connectivity index (χ0) is 14.4. The molecule has 1 atom stereocenters. The lowest BCUT2D eigenvalue weighted by atomic mass is 10.1. The third-order valence-corrected chi connectivity index (χ3v) is 4.15. The molecule has 0 bridgehead atoms. The van der Waals surface area contributed by atoms with Crippen LogP contribution < -0.4 is 5.32 Å². The molecule has 1 N–H and O–H groups in total. The van der Waals surface area contributed by atoms with Crippen LogP contribution in [0.15, 0.2) is 0 Å². The van der Waals surface area contributed by atoms with Crippen LogP contribution in [0.3, 0.4) is 0 Å². The van der Waals surface area contributed by atoms with E-state index in [2.05, 4.69) is 24.1 Å². The zero-order valence-corrected chi connectivity index (χ0v) is 12.9. The molecule has 0 aromatic heterocycles. The van der Waals surface area contributed by atoms with Crippen LogP contribution in [-0.2, 0) is 9.53 Å². The molecule has 0 aromatic carbocycles. The number of amides is 1. The van der Waals surface area contributed by atoms with Crippen molar-refractivity contribution in [1.29, 1.82) is 0 Å². The summed E-state index contributed by atoms with van der Waals surface area (Å²) in [5.74, 6) is 1.01. The second-order valence-electron chi connectivity index (χ2n) is 6.31. The largest absolute Gasteiger partial charge is 0.375 e. The molecule has 20 heavy (non-hydrogen) atoms. The second kappa shape index (κ2) is 7.96. The molecule has 0 aliphatic carbocycles. The lowest BCUT2D eigenvalue weighted by Crippen LogP contribution is -2.50. The van der Waals surface area contributed by atoms with E-state index in [4.69, 9.17) is 4.74 Å². The zero-order valence-electron chi connectivity index (χ0n) is 12.9. The molecule has 1 unspecified atom stereocenters. The van der Waals surface area contributed by atoms with Crippen LogP contribution in [-0.4, -0.2) is 74.2 Å². The summed E-state index contributed by atoms with van der Waals surface area (Å²) < 4.78 is 5.61. The minimum atomic E-state index is 0.0650. The summed E-state index contributed by atoms with van der Waals surface area (Å²) in [4.78, 5) is 16.7. The number of piperazine rings is 1. The van der Waals surface area contributed by atoms with Crippen LogP contribution in [0.5, 0.6) is 0 Å². The van der Waals surface area contributed by atoms with Crippen LogP contribution in [0.4, 0.5) is 0 Å². The monoisotopic (exact) mass is 283 g/mol. The number of hydrogen-bond donors (Lipinski definition) is 1. The molecule has 2 fully saturated rings. The third kappa shape index (κ3) is 5.04. The predicted octanol–water partition coefficient (Wildman–Crippen LogP) is 0.555. The van der Waals surface area contributed by atoms with Crippen molar-refractivity contribution >= 4 is 5.91 Å². The summed E-state index contributed by atoms with van der Waals surface area (Å²) >= 11 is 0. The Hall–Kier alpha value is -0.650. The van der Waals surface area contributed by atoms with Gasteiger partial charge in [0.05, 0.1) is 19.1 Å². The van der Waals surface area contributed by atoms with E-state index in [1.165, 1.54) is 6.42 Å². The molecule has 0 radical (unpaired) electrons. The van der Waals surface area contributed by atoms with E-state index in [1.54, 1.807) is 0 Å². The van der Waals surface area contributed by atoms with Gasteiger partial charge in [0.25, 0.3) is 0 Å². The topological polar surface area (TPSA) is 44.8 Å². The van der Waals surface area contributed by atoms with Gasteiger partial charge < -0.3 is 15.0 Å². The molecular formula is C15H29N3O2. The summed E-state index contributed by atoms with van der Waals surface area (Å²) in [6.45, 7) is 11.9. The number of hydrogen-bond acceptors (Lipinski definition) is 4. The molecule has 5 heteroatoms. The van der Waals surface area contributed by atoms with E-state index < -0.39 is 0 Å². The van der Waals surface area contributed by atoms with Crippen molar-refractivity contribution in [3.05, 3.63) is 0 Å². The fourth-order valence-electron chi connectivity index (χ4n) is 2.74. The van der Waals surface area contributed by atoms with Crippen molar-refractivity contribution in [1.82, 2.24) is 15.1 Å². The second-order valence-corrected chi connectivity index (χ2v) is 6.31. The average molecular weight is 283 g/mol. The molecule has 116 valence electrons. The minimum Gasteiger partial charge on any atom is -0.375 e. The van der Waals surface area contributed by atoms with Gasteiger partial charge in [0.1, 0.15) is 0 Å². The van der Waals surface area contributed by atoms with Crippen LogP contribution in [0, 0.1) is 5.92 Å². The van der Waals surface area contributed by atoms with Crippen molar-refractivity contribution < 1.29 is 9.53 Å². The van der Waals surface area contributed by atoms with E-state index in [9.17, 15) is 4.79 Å². The van der Waals surface area contributed by atoms with Gasteiger partial charge in [-0.1, -0.05) is 13.8 Å². The van der Waals surface area contributed by atoms with Gasteiger partial charge in [0.15, 0.2) is 0 Å². The Morgan fingerprint density at radius 1 is 1.30 bits per heavy atom. The van der Waals surface area contributed by atoms with Crippen molar-refractivity contribution in [2.45, 2.75) is 32.8 Å². The first-order valence-electron chi connectivity index (χ1n) is 7.97. The first kappa shape index (κ1) is 15.7. The van der Waals surface area contributed by atoms with Crippen molar-refractivity contribution in [3.63, 3.8) is 0 Å². The molecular weight excluding hydrogens is 254 g/mol. The molecule has 0 spiro atoms.